The molecule has 2 nitrogen and oxygen atoms in total. The van der Waals surface area contributed by atoms with Gasteiger partial charge in [0.05, 0.1) is 5.52 Å². The summed E-state index contributed by atoms with van der Waals surface area (Å²) in [6, 6.07) is 14.0. The third-order valence-corrected chi connectivity index (χ3v) is 3.47. The molecule has 3 rings (SSSR count). The quantitative estimate of drug-likeness (QED) is 0.604. The minimum absolute atomic E-state index is 0.501. The lowest BCUT2D eigenvalue weighted by atomic mass is 10.1. The van der Waals surface area contributed by atoms with Gasteiger partial charge in [0.25, 0.3) is 0 Å². The van der Waals surface area contributed by atoms with E-state index < -0.39 is 0 Å². The first kappa shape index (κ1) is 12.1. The van der Waals surface area contributed by atoms with Crippen molar-refractivity contribution in [3.8, 4) is 11.4 Å². The Labute approximate surface area is 117 Å². The highest BCUT2D eigenvalue weighted by Crippen LogP contribution is 2.26. The average Bonchev–Trinajstić information content (AvgIpc) is 2.38. The van der Waals surface area contributed by atoms with Gasteiger partial charge in [0.1, 0.15) is 5.15 Å². The zero-order valence-electron chi connectivity index (χ0n) is 10.8. The van der Waals surface area contributed by atoms with Gasteiger partial charge in [0.15, 0.2) is 5.82 Å². The molecule has 0 fully saturated rings. The highest BCUT2D eigenvalue weighted by molar-refractivity contribution is 6.34. The van der Waals surface area contributed by atoms with Crippen molar-refractivity contribution in [1.82, 2.24) is 9.97 Å². The molecule has 94 valence electrons. The second-order valence-electron chi connectivity index (χ2n) is 4.67. The van der Waals surface area contributed by atoms with E-state index in [9.17, 15) is 0 Å². The summed E-state index contributed by atoms with van der Waals surface area (Å²) in [5.41, 5.74) is 4.29. The SMILES string of the molecule is Cc1ccc(-c2nc(Cl)c3ccccc3n2)c(C)c1. The van der Waals surface area contributed by atoms with Gasteiger partial charge in [-0.25, -0.2) is 9.97 Å². The van der Waals surface area contributed by atoms with Gasteiger partial charge in [0, 0.05) is 10.9 Å². The number of nitrogens with zero attached hydrogens (tertiary/aromatic N) is 2. The molecule has 0 aliphatic heterocycles. The van der Waals surface area contributed by atoms with Crippen LogP contribution in [0.25, 0.3) is 22.3 Å². The fraction of sp³-hybridized carbons (Fsp3) is 0.125. The maximum atomic E-state index is 6.24. The summed E-state index contributed by atoms with van der Waals surface area (Å²) < 4.78 is 0. The van der Waals surface area contributed by atoms with Gasteiger partial charge in [-0.05, 0) is 31.5 Å². The van der Waals surface area contributed by atoms with Crippen LogP contribution in [0.4, 0.5) is 0 Å². The Morgan fingerprint density at radius 3 is 2.53 bits per heavy atom. The second kappa shape index (κ2) is 4.63. The van der Waals surface area contributed by atoms with E-state index in [4.69, 9.17) is 11.6 Å². The molecule has 1 aromatic heterocycles. The minimum atomic E-state index is 0.501. The van der Waals surface area contributed by atoms with Gasteiger partial charge in [-0.3, -0.25) is 0 Å². The third-order valence-electron chi connectivity index (χ3n) is 3.18. The van der Waals surface area contributed by atoms with Crippen LogP contribution in [0.1, 0.15) is 11.1 Å². The van der Waals surface area contributed by atoms with Crippen LogP contribution in [-0.2, 0) is 0 Å². The molecule has 0 saturated heterocycles. The summed E-state index contributed by atoms with van der Waals surface area (Å²) in [5, 5.41) is 1.39. The maximum Gasteiger partial charge on any atom is 0.161 e. The largest absolute Gasteiger partial charge is 0.228 e. The average molecular weight is 269 g/mol. The number of halogens is 1. The summed E-state index contributed by atoms with van der Waals surface area (Å²) in [6.45, 7) is 4.14. The first-order valence-electron chi connectivity index (χ1n) is 6.15. The molecule has 0 aliphatic carbocycles. The fourth-order valence-corrected chi connectivity index (χ4v) is 2.46. The molecular formula is C16H13ClN2. The molecule has 0 spiro atoms. The number of para-hydroxylation sites is 1. The molecular weight excluding hydrogens is 256 g/mol. The van der Waals surface area contributed by atoms with E-state index in [1.54, 1.807) is 0 Å². The van der Waals surface area contributed by atoms with E-state index in [0.29, 0.717) is 11.0 Å². The van der Waals surface area contributed by atoms with Crippen molar-refractivity contribution in [2.24, 2.45) is 0 Å². The molecule has 3 aromatic rings. The first-order valence-corrected chi connectivity index (χ1v) is 6.53. The Bertz CT molecular complexity index is 766. The van der Waals surface area contributed by atoms with Crippen LogP contribution in [0.2, 0.25) is 5.15 Å². The lowest BCUT2D eigenvalue weighted by molar-refractivity contribution is 1.21. The standard InChI is InChI=1S/C16H13ClN2/c1-10-7-8-12(11(2)9-10)16-18-14-6-4-3-5-13(14)15(17)19-16/h3-9H,1-2H3. The number of hydrogen-bond donors (Lipinski definition) is 0. The van der Waals surface area contributed by atoms with Gasteiger partial charge in [-0.1, -0.05) is 47.5 Å². The smallest absolute Gasteiger partial charge is 0.161 e. The number of aryl methyl sites for hydroxylation is 2. The normalized spacial score (nSPS) is 10.9. The molecule has 0 bridgehead atoms. The van der Waals surface area contributed by atoms with Gasteiger partial charge >= 0.3 is 0 Å². The van der Waals surface area contributed by atoms with Crippen LogP contribution in [0.15, 0.2) is 42.5 Å². The van der Waals surface area contributed by atoms with Crippen molar-refractivity contribution in [3.63, 3.8) is 0 Å². The summed E-state index contributed by atoms with van der Waals surface area (Å²) in [4.78, 5) is 9.02. The van der Waals surface area contributed by atoms with Crippen LogP contribution in [0.5, 0.6) is 0 Å². The van der Waals surface area contributed by atoms with Crippen LogP contribution in [-0.4, -0.2) is 9.97 Å². The van der Waals surface area contributed by atoms with Gasteiger partial charge in [-0.2, -0.15) is 0 Å². The van der Waals surface area contributed by atoms with Crippen LogP contribution in [0.3, 0.4) is 0 Å². The van der Waals surface area contributed by atoms with Crippen molar-refractivity contribution in [3.05, 3.63) is 58.7 Å². The lowest BCUT2D eigenvalue weighted by Crippen LogP contribution is -1.94. The molecule has 3 heteroatoms. The minimum Gasteiger partial charge on any atom is -0.228 e. The third kappa shape index (κ3) is 2.20. The van der Waals surface area contributed by atoms with Crippen molar-refractivity contribution in [1.29, 1.82) is 0 Å². The molecule has 0 aliphatic rings. The van der Waals surface area contributed by atoms with E-state index in [-0.39, 0.29) is 0 Å². The Morgan fingerprint density at radius 1 is 0.947 bits per heavy atom. The second-order valence-corrected chi connectivity index (χ2v) is 5.03. The van der Waals surface area contributed by atoms with E-state index in [2.05, 4.69) is 35.9 Å². The fourth-order valence-electron chi connectivity index (χ4n) is 2.22. The molecule has 0 N–H and O–H groups in total. The number of fused-ring (bicyclic) bond motifs is 1. The molecule has 19 heavy (non-hydrogen) atoms. The summed E-state index contributed by atoms with van der Waals surface area (Å²) in [7, 11) is 0. The van der Waals surface area contributed by atoms with Crippen molar-refractivity contribution in [2.75, 3.05) is 0 Å². The first-order chi connectivity index (χ1) is 9.15. The highest BCUT2D eigenvalue weighted by atomic mass is 35.5. The molecule has 0 amide bonds. The molecule has 0 radical (unpaired) electrons. The number of aromatic nitrogens is 2. The zero-order chi connectivity index (χ0) is 13.4. The van der Waals surface area contributed by atoms with Crippen molar-refractivity contribution in [2.45, 2.75) is 13.8 Å². The zero-order valence-corrected chi connectivity index (χ0v) is 11.6. The van der Waals surface area contributed by atoms with E-state index in [1.807, 2.05) is 30.3 Å². The van der Waals surface area contributed by atoms with Gasteiger partial charge < -0.3 is 0 Å². The van der Waals surface area contributed by atoms with Crippen molar-refractivity contribution >= 4 is 22.5 Å². The molecule has 1 heterocycles. The number of hydrogen-bond acceptors (Lipinski definition) is 2. The topological polar surface area (TPSA) is 25.8 Å². The van der Waals surface area contributed by atoms with Crippen LogP contribution >= 0.6 is 11.6 Å². The Morgan fingerprint density at radius 2 is 1.74 bits per heavy atom. The summed E-state index contributed by atoms with van der Waals surface area (Å²) in [5.74, 6) is 0.682. The molecule has 0 unspecified atom stereocenters. The Kier molecular flexibility index (Phi) is 2.96. The Hall–Kier alpha value is -1.93. The molecule has 2 aromatic carbocycles. The number of rotatable bonds is 1. The van der Waals surface area contributed by atoms with E-state index >= 15 is 0 Å². The van der Waals surface area contributed by atoms with Crippen LogP contribution in [0, 0.1) is 13.8 Å². The highest BCUT2D eigenvalue weighted by Gasteiger charge is 2.09. The molecule has 0 saturated carbocycles. The van der Waals surface area contributed by atoms with Crippen LogP contribution < -0.4 is 0 Å². The van der Waals surface area contributed by atoms with Gasteiger partial charge in [0.2, 0.25) is 0 Å². The van der Waals surface area contributed by atoms with E-state index in [0.717, 1.165) is 22.0 Å². The van der Waals surface area contributed by atoms with Gasteiger partial charge in [-0.15, -0.1) is 0 Å². The predicted octanol–water partition coefficient (Wildman–Crippen LogP) is 4.57. The summed E-state index contributed by atoms with van der Waals surface area (Å²) in [6.07, 6.45) is 0. The Balaban J connectivity index is 2.25. The lowest BCUT2D eigenvalue weighted by Gasteiger charge is -2.07. The van der Waals surface area contributed by atoms with Crippen molar-refractivity contribution < 1.29 is 0 Å². The maximum absolute atomic E-state index is 6.24. The predicted molar refractivity (Wildman–Crippen MR) is 79.5 cm³/mol. The molecule has 0 atom stereocenters. The summed E-state index contributed by atoms with van der Waals surface area (Å²) >= 11 is 6.24. The monoisotopic (exact) mass is 268 g/mol. The van der Waals surface area contributed by atoms with E-state index in [1.165, 1.54) is 5.56 Å². The number of benzene rings is 2.